The molecular formula is C17H27N5O3. The molecule has 3 fully saturated rings. The summed E-state index contributed by atoms with van der Waals surface area (Å²) < 4.78 is 12.8. The summed E-state index contributed by atoms with van der Waals surface area (Å²) in [6.07, 6.45) is 4.69. The molecule has 0 bridgehead atoms. The first-order valence-corrected chi connectivity index (χ1v) is 9.26. The van der Waals surface area contributed by atoms with Crippen LogP contribution in [0.5, 0.6) is 0 Å². The lowest BCUT2D eigenvalue weighted by Crippen LogP contribution is -2.52. The maximum absolute atomic E-state index is 12.3. The molecule has 1 aromatic rings. The predicted molar refractivity (Wildman–Crippen MR) is 90.3 cm³/mol. The van der Waals surface area contributed by atoms with Crippen LogP contribution in [0, 0.1) is 0 Å². The van der Waals surface area contributed by atoms with Gasteiger partial charge < -0.3 is 19.3 Å². The first-order valence-electron chi connectivity index (χ1n) is 9.26. The molecule has 0 radical (unpaired) electrons. The lowest BCUT2D eigenvalue weighted by Gasteiger charge is -2.39. The van der Waals surface area contributed by atoms with Crippen LogP contribution in [0.3, 0.4) is 0 Å². The van der Waals surface area contributed by atoms with Gasteiger partial charge in [0.1, 0.15) is 0 Å². The Bertz CT molecular complexity index is 587. The van der Waals surface area contributed by atoms with Crippen molar-refractivity contribution in [2.45, 2.75) is 37.3 Å². The number of rotatable bonds is 4. The number of ether oxygens (including phenoxy) is 2. The summed E-state index contributed by atoms with van der Waals surface area (Å²) in [6.45, 7) is 5.39. The minimum absolute atomic E-state index is 0.0947. The van der Waals surface area contributed by atoms with Gasteiger partial charge in [-0.25, -0.2) is 4.68 Å². The van der Waals surface area contributed by atoms with Crippen LogP contribution in [0.2, 0.25) is 0 Å². The predicted octanol–water partition coefficient (Wildman–Crippen LogP) is 0.276. The lowest BCUT2D eigenvalue weighted by molar-refractivity contribution is -0.146. The van der Waals surface area contributed by atoms with E-state index in [1.807, 2.05) is 9.58 Å². The largest absolute Gasteiger partial charge is 0.376 e. The van der Waals surface area contributed by atoms with Crippen molar-refractivity contribution < 1.29 is 14.3 Å². The van der Waals surface area contributed by atoms with Crippen LogP contribution >= 0.6 is 0 Å². The molecule has 3 saturated heterocycles. The lowest BCUT2D eigenvalue weighted by atomic mass is 9.94. The highest BCUT2D eigenvalue weighted by Gasteiger charge is 2.34. The number of hydrogen-bond donors (Lipinski definition) is 0. The van der Waals surface area contributed by atoms with Crippen molar-refractivity contribution >= 4 is 5.91 Å². The summed E-state index contributed by atoms with van der Waals surface area (Å²) >= 11 is 0. The molecule has 0 aromatic carbocycles. The minimum atomic E-state index is -0.0947. The summed E-state index contributed by atoms with van der Waals surface area (Å²) in [6, 6.07) is 0.250. The van der Waals surface area contributed by atoms with Gasteiger partial charge in [-0.05, 0) is 33.0 Å². The molecule has 4 rings (SSSR count). The smallest absolute Gasteiger partial charge is 0.225 e. The van der Waals surface area contributed by atoms with E-state index in [4.69, 9.17) is 9.47 Å². The fourth-order valence-electron chi connectivity index (χ4n) is 3.76. The van der Waals surface area contributed by atoms with Crippen LogP contribution in [-0.2, 0) is 14.3 Å². The Kier molecular flexibility index (Phi) is 5.00. The zero-order valence-electron chi connectivity index (χ0n) is 14.8. The highest BCUT2D eigenvalue weighted by Crippen LogP contribution is 2.28. The molecule has 0 N–H and O–H groups in total. The molecule has 8 nitrogen and oxygen atoms in total. The molecular weight excluding hydrogens is 322 g/mol. The molecule has 1 atom stereocenters. The summed E-state index contributed by atoms with van der Waals surface area (Å²) in [4.78, 5) is 16.5. The van der Waals surface area contributed by atoms with Crippen molar-refractivity contribution in [2.75, 3.05) is 53.0 Å². The SMILES string of the molecule is CN1CCC(c2cn(C3CN(C(=O)CC4COCCO4)C3)nn2)CC1. The maximum atomic E-state index is 12.3. The highest BCUT2D eigenvalue weighted by atomic mass is 16.6. The van der Waals surface area contributed by atoms with Gasteiger partial charge in [-0.3, -0.25) is 4.79 Å². The molecule has 0 spiro atoms. The zero-order chi connectivity index (χ0) is 17.2. The van der Waals surface area contributed by atoms with Crippen molar-refractivity contribution in [3.8, 4) is 0 Å². The molecule has 0 saturated carbocycles. The highest BCUT2D eigenvalue weighted by molar-refractivity contribution is 5.77. The quantitative estimate of drug-likeness (QED) is 0.777. The average molecular weight is 349 g/mol. The zero-order valence-corrected chi connectivity index (χ0v) is 14.8. The molecule has 1 aromatic heterocycles. The second kappa shape index (κ2) is 7.39. The van der Waals surface area contributed by atoms with Crippen molar-refractivity contribution in [3.05, 3.63) is 11.9 Å². The number of carbonyl (C=O) groups is 1. The van der Waals surface area contributed by atoms with E-state index in [9.17, 15) is 4.79 Å². The Morgan fingerprint density at radius 1 is 1.28 bits per heavy atom. The van der Waals surface area contributed by atoms with Gasteiger partial charge in [0.05, 0.1) is 44.1 Å². The van der Waals surface area contributed by atoms with E-state index >= 15 is 0 Å². The number of carbonyl (C=O) groups excluding carboxylic acids is 1. The van der Waals surface area contributed by atoms with E-state index in [1.54, 1.807) is 0 Å². The van der Waals surface area contributed by atoms with E-state index in [2.05, 4.69) is 28.5 Å². The first-order chi connectivity index (χ1) is 12.2. The Morgan fingerprint density at radius 3 is 2.80 bits per heavy atom. The van der Waals surface area contributed by atoms with E-state index in [1.165, 1.54) is 0 Å². The van der Waals surface area contributed by atoms with Crippen molar-refractivity contribution in [2.24, 2.45) is 0 Å². The number of piperidine rings is 1. The van der Waals surface area contributed by atoms with E-state index < -0.39 is 0 Å². The number of nitrogens with zero attached hydrogens (tertiary/aromatic N) is 5. The average Bonchev–Trinajstić information content (AvgIpc) is 3.04. The molecule has 1 unspecified atom stereocenters. The molecule has 138 valence electrons. The Morgan fingerprint density at radius 2 is 2.08 bits per heavy atom. The maximum Gasteiger partial charge on any atom is 0.225 e. The molecule has 0 aliphatic carbocycles. The van der Waals surface area contributed by atoms with Gasteiger partial charge in [-0.15, -0.1) is 5.10 Å². The molecule has 4 heterocycles. The van der Waals surface area contributed by atoms with Crippen molar-refractivity contribution in [1.29, 1.82) is 0 Å². The Hall–Kier alpha value is -1.51. The normalized spacial score (nSPS) is 26.6. The molecule has 8 heteroatoms. The van der Waals surface area contributed by atoms with Gasteiger partial charge in [-0.2, -0.15) is 0 Å². The standard InChI is InChI=1S/C17H27N5O3/c1-20-4-2-13(3-5-20)16-11-22(19-18-16)14-9-21(10-14)17(23)8-15-12-24-6-7-25-15/h11,13-15H,2-10,12H2,1H3. The summed E-state index contributed by atoms with van der Waals surface area (Å²) in [5.41, 5.74) is 1.10. The second-order valence-corrected chi connectivity index (χ2v) is 7.43. The van der Waals surface area contributed by atoms with Crippen molar-refractivity contribution in [1.82, 2.24) is 24.8 Å². The molecule has 3 aliphatic rings. The first kappa shape index (κ1) is 16.9. The third-order valence-corrected chi connectivity index (χ3v) is 5.54. The van der Waals surface area contributed by atoms with Gasteiger partial charge in [0.15, 0.2) is 0 Å². The van der Waals surface area contributed by atoms with E-state index in [0.29, 0.717) is 45.2 Å². The topological polar surface area (TPSA) is 72.7 Å². The van der Waals surface area contributed by atoms with Crippen LogP contribution in [-0.4, -0.2) is 89.9 Å². The fourth-order valence-corrected chi connectivity index (χ4v) is 3.76. The van der Waals surface area contributed by atoms with Gasteiger partial charge >= 0.3 is 0 Å². The van der Waals surface area contributed by atoms with Gasteiger partial charge in [0, 0.05) is 25.2 Å². The molecule has 3 aliphatic heterocycles. The number of amides is 1. The summed E-state index contributed by atoms with van der Waals surface area (Å²) in [5.74, 6) is 0.661. The van der Waals surface area contributed by atoms with Crippen LogP contribution in [0.4, 0.5) is 0 Å². The van der Waals surface area contributed by atoms with Crippen LogP contribution in [0.1, 0.15) is 36.9 Å². The second-order valence-electron chi connectivity index (χ2n) is 7.43. The number of hydrogen-bond acceptors (Lipinski definition) is 6. The van der Waals surface area contributed by atoms with Gasteiger partial charge in [0.25, 0.3) is 0 Å². The van der Waals surface area contributed by atoms with E-state index in [-0.39, 0.29) is 18.1 Å². The van der Waals surface area contributed by atoms with Gasteiger partial charge in [0.2, 0.25) is 5.91 Å². The van der Waals surface area contributed by atoms with E-state index in [0.717, 1.165) is 31.6 Å². The summed E-state index contributed by atoms with van der Waals surface area (Å²) in [5, 5.41) is 8.70. The molecule has 25 heavy (non-hydrogen) atoms. The third kappa shape index (κ3) is 3.86. The number of likely N-dealkylation sites (tertiary alicyclic amines) is 2. The third-order valence-electron chi connectivity index (χ3n) is 5.54. The summed E-state index contributed by atoms with van der Waals surface area (Å²) in [7, 11) is 2.16. The number of aromatic nitrogens is 3. The van der Waals surface area contributed by atoms with Crippen LogP contribution in [0.15, 0.2) is 6.20 Å². The van der Waals surface area contributed by atoms with Crippen molar-refractivity contribution in [3.63, 3.8) is 0 Å². The molecule has 1 amide bonds. The Balaban J connectivity index is 1.25. The Labute approximate surface area is 148 Å². The fraction of sp³-hybridized carbons (Fsp3) is 0.824. The minimum Gasteiger partial charge on any atom is -0.376 e. The van der Waals surface area contributed by atoms with Gasteiger partial charge in [-0.1, -0.05) is 5.21 Å². The van der Waals surface area contributed by atoms with Crippen LogP contribution in [0.25, 0.3) is 0 Å². The monoisotopic (exact) mass is 349 g/mol. The van der Waals surface area contributed by atoms with Crippen LogP contribution < -0.4 is 0 Å².